The van der Waals surface area contributed by atoms with Gasteiger partial charge in [-0.15, -0.1) is 0 Å². The van der Waals surface area contributed by atoms with E-state index in [1.807, 2.05) is 6.92 Å². The topological polar surface area (TPSA) is 108 Å². The highest BCUT2D eigenvalue weighted by Crippen LogP contribution is 2.33. The van der Waals surface area contributed by atoms with Crippen molar-refractivity contribution in [3.63, 3.8) is 0 Å². The molecule has 1 saturated heterocycles. The lowest BCUT2D eigenvalue weighted by molar-refractivity contribution is 0.281. The Morgan fingerprint density at radius 3 is 2.37 bits per heavy atom. The standard InChI is InChI=1S/C19H27N3O6S2/c1-13-7-6-10-21(12-13)30(25,26)19-14(2)20-22(15(19)3)29(23,24)18-11-16(27-4)8-9-17(18)28-5/h8-9,11,13H,6-7,10,12H2,1-5H3/t13-/m0/s1. The van der Waals surface area contributed by atoms with Crippen molar-refractivity contribution in [2.75, 3.05) is 27.3 Å². The zero-order valence-corrected chi connectivity index (χ0v) is 19.4. The highest BCUT2D eigenvalue weighted by Gasteiger charge is 2.36. The van der Waals surface area contributed by atoms with E-state index in [0.29, 0.717) is 18.8 Å². The first kappa shape index (κ1) is 22.6. The predicted octanol–water partition coefficient (Wildman–Crippen LogP) is 2.17. The fraction of sp³-hybridized carbons (Fsp3) is 0.526. The first-order valence-corrected chi connectivity index (χ1v) is 12.5. The summed E-state index contributed by atoms with van der Waals surface area (Å²) in [6.45, 7) is 5.77. The van der Waals surface area contributed by atoms with Gasteiger partial charge in [0.2, 0.25) is 10.0 Å². The maximum absolute atomic E-state index is 13.4. The molecule has 0 spiro atoms. The molecule has 1 aromatic heterocycles. The summed E-state index contributed by atoms with van der Waals surface area (Å²) in [7, 11) is -5.33. The van der Waals surface area contributed by atoms with Crippen molar-refractivity contribution >= 4 is 20.0 Å². The number of aromatic nitrogens is 2. The maximum atomic E-state index is 13.4. The van der Waals surface area contributed by atoms with Gasteiger partial charge in [-0.25, -0.2) is 8.42 Å². The van der Waals surface area contributed by atoms with Gasteiger partial charge in [0.25, 0.3) is 10.0 Å². The van der Waals surface area contributed by atoms with E-state index in [1.54, 1.807) is 6.07 Å². The molecule has 0 unspecified atom stereocenters. The summed E-state index contributed by atoms with van der Waals surface area (Å²) >= 11 is 0. The van der Waals surface area contributed by atoms with E-state index in [0.717, 1.165) is 16.9 Å². The summed E-state index contributed by atoms with van der Waals surface area (Å²) in [5.74, 6) is 0.678. The smallest absolute Gasteiger partial charge is 0.287 e. The molecule has 0 amide bonds. The van der Waals surface area contributed by atoms with Crippen LogP contribution in [-0.4, -0.2) is 57.6 Å². The molecule has 0 aliphatic carbocycles. The van der Waals surface area contributed by atoms with Gasteiger partial charge in [0.05, 0.1) is 25.6 Å². The van der Waals surface area contributed by atoms with Gasteiger partial charge in [-0.1, -0.05) is 6.92 Å². The van der Waals surface area contributed by atoms with E-state index in [9.17, 15) is 16.8 Å². The van der Waals surface area contributed by atoms with E-state index >= 15 is 0 Å². The van der Waals surface area contributed by atoms with Crippen LogP contribution >= 0.6 is 0 Å². The van der Waals surface area contributed by atoms with Gasteiger partial charge in [0, 0.05) is 19.2 Å². The van der Waals surface area contributed by atoms with E-state index in [-0.39, 0.29) is 32.8 Å². The maximum Gasteiger partial charge on any atom is 0.287 e. The summed E-state index contributed by atoms with van der Waals surface area (Å²) in [4.78, 5) is -0.229. The summed E-state index contributed by atoms with van der Waals surface area (Å²) in [6.07, 6.45) is 1.74. The van der Waals surface area contributed by atoms with Crippen molar-refractivity contribution in [3.8, 4) is 11.5 Å². The van der Waals surface area contributed by atoms with Crippen LogP contribution in [0.1, 0.15) is 31.2 Å². The minimum Gasteiger partial charge on any atom is -0.497 e. The fourth-order valence-electron chi connectivity index (χ4n) is 3.79. The molecule has 30 heavy (non-hydrogen) atoms. The molecule has 0 bridgehead atoms. The number of hydrogen-bond donors (Lipinski definition) is 0. The lowest BCUT2D eigenvalue weighted by Gasteiger charge is -2.30. The Morgan fingerprint density at radius 1 is 1.07 bits per heavy atom. The van der Waals surface area contributed by atoms with Crippen LogP contribution in [-0.2, 0) is 20.0 Å². The predicted molar refractivity (Wildman–Crippen MR) is 111 cm³/mol. The molecule has 0 radical (unpaired) electrons. The Morgan fingerprint density at radius 2 is 1.77 bits per heavy atom. The first-order chi connectivity index (χ1) is 14.0. The highest BCUT2D eigenvalue weighted by atomic mass is 32.2. The second-order valence-electron chi connectivity index (χ2n) is 7.48. The zero-order chi connectivity index (χ0) is 22.3. The second kappa shape index (κ2) is 8.20. The quantitative estimate of drug-likeness (QED) is 0.654. The number of methoxy groups -OCH3 is 2. The number of ether oxygens (including phenoxy) is 2. The van der Waals surface area contributed by atoms with Crippen LogP contribution in [0.2, 0.25) is 0 Å². The molecular weight excluding hydrogens is 430 g/mol. The highest BCUT2D eigenvalue weighted by molar-refractivity contribution is 7.90. The van der Waals surface area contributed by atoms with Crippen molar-refractivity contribution in [2.24, 2.45) is 5.92 Å². The van der Waals surface area contributed by atoms with Gasteiger partial charge in [0.15, 0.2) is 0 Å². The summed E-state index contributed by atoms with van der Waals surface area (Å²) in [5, 5.41) is 4.10. The number of piperidine rings is 1. The molecule has 3 rings (SSSR count). The minimum atomic E-state index is -4.23. The van der Waals surface area contributed by atoms with Crippen molar-refractivity contribution in [1.29, 1.82) is 0 Å². The first-order valence-electron chi connectivity index (χ1n) is 9.58. The molecule has 1 aliphatic rings. The van der Waals surface area contributed by atoms with Crippen molar-refractivity contribution in [2.45, 2.75) is 43.4 Å². The Balaban J connectivity index is 2.14. The van der Waals surface area contributed by atoms with Crippen LogP contribution < -0.4 is 9.47 Å². The molecule has 1 aromatic carbocycles. The van der Waals surface area contributed by atoms with Crippen molar-refractivity contribution < 1.29 is 26.3 Å². The third-order valence-corrected chi connectivity index (χ3v) is 9.08. The molecule has 1 fully saturated rings. The molecule has 1 atom stereocenters. The minimum absolute atomic E-state index is 0.0376. The van der Waals surface area contributed by atoms with Gasteiger partial charge in [-0.05, 0) is 44.7 Å². The number of rotatable bonds is 6. The molecule has 166 valence electrons. The van der Waals surface area contributed by atoms with Crippen molar-refractivity contribution in [3.05, 3.63) is 29.6 Å². The van der Waals surface area contributed by atoms with Gasteiger partial charge in [-0.2, -0.15) is 21.9 Å². The van der Waals surface area contributed by atoms with Gasteiger partial charge in [0.1, 0.15) is 21.3 Å². The summed E-state index contributed by atoms with van der Waals surface area (Å²) in [5.41, 5.74) is 0.173. The Bertz CT molecular complexity index is 1160. The van der Waals surface area contributed by atoms with Crippen LogP contribution in [0.15, 0.2) is 28.0 Å². The molecule has 9 nitrogen and oxygen atoms in total. The molecule has 0 saturated carbocycles. The van der Waals surface area contributed by atoms with Crippen LogP contribution in [0, 0.1) is 19.8 Å². The van der Waals surface area contributed by atoms with Gasteiger partial charge < -0.3 is 9.47 Å². The van der Waals surface area contributed by atoms with Crippen LogP contribution in [0.5, 0.6) is 11.5 Å². The lowest BCUT2D eigenvalue weighted by atomic mass is 10.0. The average Bonchev–Trinajstić information content (AvgIpc) is 3.02. The third-order valence-electron chi connectivity index (χ3n) is 5.28. The molecule has 2 heterocycles. The van der Waals surface area contributed by atoms with E-state index in [1.165, 1.54) is 44.5 Å². The van der Waals surface area contributed by atoms with Crippen LogP contribution in [0.4, 0.5) is 0 Å². The Kier molecular flexibility index (Phi) is 6.17. The SMILES string of the molecule is COc1ccc(OC)c(S(=O)(=O)n2nc(C)c(S(=O)(=O)N3CCC[C@H](C)C3)c2C)c1. The second-order valence-corrected chi connectivity index (χ2v) is 11.1. The number of nitrogens with zero attached hydrogens (tertiary/aromatic N) is 3. The molecule has 11 heteroatoms. The van der Waals surface area contributed by atoms with E-state index in [2.05, 4.69) is 5.10 Å². The fourth-order valence-corrected chi connectivity index (χ4v) is 7.33. The van der Waals surface area contributed by atoms with Crippen molar-refractivity contribution in [1.82, 2.24) is 13.5 Å². The molecule has 2 aromatic rings. The number of benzene rings is 1. The molecular formula is C19H27N3O6S2. The third kappa shape index (κ3) is 3.81. The molecule has 0 N–H and O–H groups in total. The lowest BCUT2D eigenvalue weighted by Crippen LogP contribution is -2.39. The van der Waals surface area contributed by atoms with Gasteiger partial charge >= 0.3 is 0 Å². The normalized spacial score (nSPS) is 18.4. The van der Waals surface area contributed by atoms with Gasteiger partial charge in [-0.3, -0.25) is 0 Å². The summed E-state index contributed by atoms with van der Waals surface area (Å²) in [6, 6.07) is 4.38. The van der Waals surface area contributed by atoms with Crippen LogP contribution in [0.25, 0.3) is 0 Å². The average molecular weight is 458 g/mol. The number of aryl methyl sites for hydroxylation is 1. The molecule has 1 aliphatic heterocycles. The monoisotopic (exact) mass is 457 g/mol. The Hall–Kier alpha value is -2.11. The zero-order valence-electron chi connectivity index (χ0n) is 17.7. The summed E-state index contributed by atoms with van der Waals surface area (Å²) < 4.78 is 65.9. The van der Waals surface area contributed by atoms with E-state index in [4.69, 9.17) is 9.47 Å². The van der Waals surface area contributed by atoms with Crippen LogP contribution in [0.3, 0.4) is 0 Å². The number of hydrogen-bond acceptors (Lipinski definition) is 7. The number of sulfonamides is 1. The van der Waals surface area contributed by atoms with E-state index < -0.39 is 20.0 Å². The Labute approximate surface area is 177 Å². The largest absolute Gasteiger partial charge is 0.497 e.